The zero-order valence-electron chi connectivity index (χ0n) is 9.33. The summed E-state index contributed by atoms with van der Waals surface area (Å²) in [6, 6.07) is 7.26. The molecule has 5 heteroatoms. The van der Waals surface area contributed by atoms with E-state index in [-0.39, 0.29) is 12.3 Å². The maximum absolute atomic E-state index is 11.7. The van der Waals surface area contributed by atoms with E-state index in [0.29, 0.717) is 10.7 Å². The largest absolute Gasteiger partial charge is 0.324 e. The second kappa shape index (κ2) is 5.01. The van der Waals surface area contributed by atoms with Crippen LogP contribution in [0.2, 0.25) is 5.02 Å². The van der Waals surface area contributed by atoms with Crippen LogP contribution in [0.5, 0.6) is 0 Å². The molecule has 2 N–H and O–H groups in total. The number of aryl methyl sites for hydroxylation is 1. The van der Waals surface area contributed by atoms with Crippen molar-refractivity contribution in [2.45, 2.75) is 13.3 Å². The van der Waals surface area contributed by atoms with Crippen LogP contribution >= 0.6 is 11.6 Å². The molecular formula is C12H12ClN3O. The number of aromatic nitrogens is 2. The summed E-state index contributed by atoms with van der Waals surface area (Å²) in [6.45, 7) is 1.95. The van der Waals surface area contributed by atoms with Crippen LogP contribution in [0.3, 0.4) is 0 Å². The Morgan fingerprint density at radius 1 is 1.47 bits per heavy atom. The van der Waals surface area contributed by atoms with Crippen LogP contribution < -0.4 is 5.32 Å². The quantitative estimate of drug-likeness (QED) is 0.878. The van der Waals surface area contributed by atoms with E-state index in [0.717, 1.165) is 11.3 Å². The van der Waals surface area contributed by atoms with Crippen LogP contribution in [0, 0.1) is 6.92 Å². The molecule has 1 aromatic heterocycles. The van der Waals surface area contributed by atoms with Crippen LogP contribution in [0.15, 0.2) is 30.5 Å². The van der Waals surface area contributed by atoms with Gasteiger partial charge in [-0.15, -0.1) is 0 Å². The SMILES string of the molecule is Cc1ccc(Cl)c(NC(=O)Cc2ccn[nH]2)c1. The Kier molecular flexibility index (Phi) is 3.44. The van der Waals surface area contributed by atoms with E-state index in [4.69, 9.17) is 11.6 Å². The number of anilines is 1. The predicted molar refractivity (Wildman–Crippen MR) is 67.1 cm³/mol. The molecule has 0 saturated carbocycles. The van der Waals surface area contributed by atoms with E-state index < -0.39 is 0 Å². The highest BCUT2D eigenvalue weighted by molar-refractivity contribution is 6.33. The first-order valence-corrected chi connectivity index (χ1v) is 5.57. The van der Waals surface area contributed by atoms with Crippen LogP contribution in [-0.2, 0) is 11.2 Å². The number of aromatic amines is 1. The van der Waals surface area contributed by atoms with Gasteiger partial charge in [0.15, 0.2) is 0 Å². The Morgan fingerprint density at radius 2 is 2.29 bits per heavy atom. The zero-order valence-corrected chi connectivity index (χ0v) is 10.1. The van der Waals surface area contributed by atoms with Crippen LogP contribution in [0.4, 0.5) is 5.69 Å². The molecule has 0 aliphatic carbocycles. The van der Waals surface area contributed by atoms with Crippen molar-refractivity contribution in [3.05, 3.63) is 46.7 Å². The Bertz CT molecular complexity index is 523. The fraction of sp³-hybridized carbons (Fsp3) is 0.167. The monoisotopic (exact) mass is 249 g/mol. The number of nitrogens with one attached hydrogen (secondary N) is 2. The molecule has 0 radical (unpaired) electrons. The second-order valence-corrected chi connectivity index (χ2v) is 4.20. The Balaban J connectivity index is 2.05. The van der Waals surface area contributed by atoms with Gasteiger partial charge in [0.25, 0.3) is 0 Å². The first-order valence-electron chi connectivity index (χ1n) is 5.19. The van der Waals surface area contributed by atoms with E-state index in [2.05, 4.69) is 15.5 Å². The number of amides is 1. The third-order valence-electron chi connectivity index (χ3n) is 2.31. The first kappa shape index (κ1) is 11.7. The van der Waals surface area contributed by atoms with Crippen molar-refractivity contribution < 1.29 is 4.79 Å². The van der Waals surface area contributed by atoms with Crippen molar-refractivity contribution in [1.82, 2.24) is 10.2 Å². The standard InChI is InChI=1S/C12H12ClN3O/c1-8-2-3-10(13)11(6-8)15-12(17)7-9-4-5-14-16-9/h2-6H,7H2,1H3,(H,14,16)(H,15,17). The normalized spacial score (nSPS) is 10.2. The summed E-state index contributed by atoms with van der Waals surface area (Å²) in [5, 5.41) is 9.83. The number of rotatable bonds is 3. The highest BCUT2D eigenvalue weighted by Gasteiger charge is 2.07. The number of halogens is 1. The number of carbonyl (C=O) groups excluding carboxylic acids is 1. The topological polar surface area (TPSA) is 57.8 Å². The smallest absolute Gasteiger partial charge is 0.230 e. The minimum Gasteiger partial charge on any atom is -0.324 e. The van der Waals surface area contributed by atoms with Crippen LogP contribution in [0.25, 0.3) is 0 Å². The van der Waals surface area contributed by atoms with Crippen molar-refractivity contribution >= 4 is 23.2 Å². The van der Waals surface area contributed by atoms with Gasteiger partial charge in [0, 0.05) is 11.9 Å². The van der Waals surface area contributed by atoms with Crippen molar-refractivity contribution in [3.8, 4) is 0 Å². The van der Waals surface area contributed by atoms with E-state index in [9.17, 15) is 4.79 Å². The van der Waals surface area contributed by atoms with E-state index >= 15 is 0 Å². The maximum atomic E-state index is 11.7. The molecule has 1 heterocycles. The molecule has 0 atom stereocenters. The number of hydrogen-bond acceptors (Lipinski definition) is 2. The maximum Gasteiger partial charge on any atom is 0.230 e. The molecule has 88 valence electrons. The van der Waals surface area contributed by atoms with E-state index in [1.54, 1.807) is 18.3 Å². The number of H-pyrrole nitrogens is 1. The molecule has 17 heavy (non-hydrogen) atoms. The highest BCUT2D eigenvalue weighted by Crippen LogP contribution is 2.22. The molecule has 0 spiro atoms. The summed E-state index contributed by atoms with van der Waals surface area (Å²) >= 11 is 5.99. The molecule has 0 aliphatic heterocycles. The van der Waals surface area contributed by atoms with Gasteiger partial charge in [-0.2, -0.15) is 5.10 Å². The summed E-state index contributed by atoms with van der Waals surface area (Å²) in [5.74, 6) is -0.123. The zero-order chi connectivity index (χ0) is 12.3. The second-order valence-electron chi connectivity index (χ2n) is 3.79. The van der Waals surface area contributed by atoms with Gasteiger partial charge >= 0.3 is 0 Å². The van der Waals surface area contributed by atoms with Gasteiger partial charge in [0.2, 0.25) is 5.91 Å². The summed E-state index contributed by atoms with van der Waals surface area (Å²) in [5.41, 5.74) is 2.45. The lowest BCUT2D eigenvalue weighted by Gasteiger charge is -2.07. The lowest BCUT2D eigenvalue weighted by atomic mass is 10.2. The Hall–Kier alpha value is -1.81. The van der Waals surface area contributed by atoms with Gasteiger partial charge in [-0.3, -0.25) is 9.89 Å². The van der Waals surface area contributed by atoms with Gasteiger partial charge in [-0.05, 0) is 30.7 Å². The van der Waals surface area contributed by atoms with Crippen LogP contribution in [-0.4, -0.2) is 16.1 Å². The molecule has 1 amide bonds. The third-order valence-corrected chi connectivity index (χ3v) is 2.63. The molecule has 0 bridgehead atoms. The molecule has 2 rings (SSSR count). The van der Waals surface area contributed by atoms with Gasteiger partial charge in [0.1, 0.15) is 0 Å². The summed E-state index contributed by atoms with van der Waals surface area (Å²) in [4.78, 5) is 11.7. The highest BCUT2D eigenvalue weighted by atomic mass is 35.5. The van der Waals surface area contributed by atoms with Gasteiger partial charge in [-0.1, -0.05) is 17.7 Å². The average Bonchev–Trinajstić information content (AvgIpc) is 2.76. The minimum atomic E-state index is -0.123. The van der Waals surface area contributed by atoms with Gasteiger partial charge < -0.3 is 5.32 Å². The molecular weight excluding hydrogens is 238 g/mol. The molecule has 1 aromatic carbocycles. The van der Waals surface area contributed by atoms with Crippen molar-refractivity contribution in [1.29, 1.82) is 0 Å². The lowest BCUT2D eigenvalue weighted by Crippen LogP contribution is -2.15. The Labute approximate surface area is 104 Å². The number of hydrogen-bond donors (Lipinski definition) is 2. The van der Waals surface area contributed by atoms with Crippen molar-refractivity contribution in [2.24, 2.45) is 0 Å². The lowest BCUT2D eigenvalue weighted by molar-refractivity contribution is -0.115. The average molecular weight is 250 g/mol. The van der Waals surface area contributed by atoms with E-state index in [1.807, 2.05) is 19.1 Å². The van der Waals surface area contributed by atoms with Crippen molar-refractivity contribution in [3.63, 3.8) is 0 Å². The summed E-state index contributed by atoms with van der Waals surface area (Å²) < 4.78 is 0. The molecule has 4 nitrogen and oxygen atoms in total. The summed E-state index contributed by atoms with van der Waals surface area (Å²) in [6.07, 6.45) is 1.87. The minimum absolute atomic E-state index is 0.123. The van der Waals surface area contributed by atoms with Crippen molar-refractivity contribution in [2.75, 3.05) is 5.32 Å². The van der Waals surface area contributed by atoms with E-state index in [1.165, 1.54) is 0 Å². The predicted octanol–water partition coefficient (Wildman–Crippen LogP) is 2.55. The number of carbonyl (C=O) groups is 1. The molecule has 0 fully saturated rings. The third kappa shape index (κ3) is 3.07. The van der Waals surface area contributed by atoms with Gasteiger partial charge in [0.05, 0.1) is 17.1 Å². The molecule has 0 saturated heterocycles. The molecule has 0 unspecified atom stereocenters. The number of nitrogens with zero attached hydrogens (tertiary/aromatic N) is 1. The number of benzene rings is 1. The first-order chi connectivity index (χ1) is 8.15. The van der Waals surface area contributed by atoms with Crippen LogP contribution in [0.1, 0.15) is 11.3 Å². The summed E-state index contributed by atoms with van der Waals surface area (Å²) in [7, 11) is 0. The fourth-order valence-corrected chi connectivity index (χ4v) is 1.65. The van der Waals surface area contributed by atoms with Gasteiger partial charge in [-0.25, -0.2) is 0 Å². The molecule has 2 aromatic rings. The Morgan fingerprint density at radius 3 is 3.00 bits per heavy atom. The molecule has 0 aliphatic rings. The fourth-order valence-electron chi connectivity index (χ4n) is 1.49.